The Bertz CT molecular complexity index is 815. The van der Waals surface area contributed by atoms with Crippen LogP contribution in [-0.4, -0.2) is 34.4 Å². The van der Waals surface area contributed by atoms with Gasteiger partial charge >= 0.3 is 0 Å². The van der Waals surface area contributed by atoms with E-state index < -0.39 is 0 Å². The topological polar surface area (TPSA) is 59.9 Å². The van der Waals surface area contributed by atoms with Gasteiger partial charge in [-0.3, -0.25) is 0 Å². The molecule has 5 heteroatoms. The molecule has 2 heterocycles. The van der Waals surface area contributed by atoms with E-state index in [1.807, 2.05) is 12.1 Å². The molecular weight excluding hydrogens is 288 g/mol. The summed E-state index contributed by atoms with van der Waals surface area (Å²) >= 11 is 0. The van der Waals surface area contributed by atoms with Crippen LogP contribution in [0.2, 0.25) is 0 Å². The number of hydrogen-bond donors (Lipinski definition) is 1. The SMILES string of the molecule is c1ccc2cc(-c3cnnc(NCC4CCCO4)n3)ccc2c1. The number of anilines is 1. The third-order valence-corrected chi connectivity index (χ3v) is 4.12. The van der Waals surface area contributed by atoms with Gasteiger partial charge in [0.1, 0.15) is 0 Å². The van der Waals surface area contributed by atoms with Gasteiger partial charge in [0.05, 0.1) is 18.0 Å². The molecule has 2 aromatic carbocycles. The standard InChI is InChI=1S/C18H18N4O/c1-2-5-14-10-15(8-7-13(14)4-1)17-12-20-22-18(21-17)19-11-16-6-3-9-23-16/h1-2,4-5,7-8,10,12,16H,3,6,9,11H2,(H,19,21,22). The average molecular weight is 306 g/mol. The lowest BCUT2D eigenvalue weighted by Gasteiger charge is -2.10. The van der Waals surface area contributed by atoms with E-state index in [0.717, 1.165) is 37.3 Å². The monoisotopic (exact) mass is 306 g/mol. The summed E-state index contributed by atoms with van der Waals surface area (Å²) in [6, 6.07) is 14.6. The highest BCUT2D eigenvalue weighted by Gasteiger charge is 2.15. The van der Waals surface area contributed by atoms with Gasteiger partial charge in [-0.05, 0) is 29.7 Å². The molecule has 1 unspecified atom stereocenters. The van der Waals surface area contributed by atoms with E-state index >= 15 is 0 Å². The molecule has 1 aliphatic heterocycles. The van der Waals surface area contributed by atoms with E-state index in [9.17, 15) is 0 Å². The van der Waals surface area contributed by atoms with Crippen LogP contribution in [0.3, 0.4) is 0 Å². The van der Waals surface area contributed by atoms with Crippen LogP contribution in [0.15, 0.2) is 48.7 Å². The Balaban J connectivity index is 1.56. The second kappa shape index (κ2) is 6.30. The van der Waals surface area contributed by atoms with Crippen LogP contribution in [0.5, 0.6) is 0 Å². The molecule has 1 N–H and O–H groups in total. The van der Waals surface area contributed by atoms with E-state index in [2.05, 4.69) is 50.8 Å². The zero-order chi connectivity index (χ0) is 15.5. The fourth-order valence-electron chi connectivity index (χ4n) is 2.88. The summed E-state index contributed by atoms with van der Waals surface area (Å²) in [6.45, 7) is 1.57. The van der Waals surface area contributed by atoms with Crippen molar-refractivity contribution >= 4 is 16.7 Å². The average Bonchev–Trinajstić information content (AvgIpc) is 3.13. The number of aromatic nitrogens is 3. The molecule has 1 aliphatic rings. The van der Waals surface area contributed by atoms with Gasteiger partial charge in [-0.2, -0.15) is 5.10 Å². The Hall–Kier alpha value is -2.53. The maximum atomic E-state index is 5.60. The lowest BCUT2D eigenvalue weighted by molar-refractivity contribution is 0.120. The highest BCUT2D eigenvalue weighted by molar-refractivity contribution is 5.86. The third-order valence-electron chi connectivity index (χ3n) is 4.12. The number of nitrogens with one attached hydrogen (secondary N) is 1. The van der Waals surface area contributed by atoms with Crippen LogP contribution in [0.25, 0.3) is 22.0 Å². The fourth-order valence-corrected chi connectivity index (χ4v) is 2.88. The summed E-state index contributed by atoms with van der Waals surface area (Å²) < 4.78 is 5.60. The molecular formula is C18H18N4O. The van der Waals surface area contributed by atoms with E-state index in [-0.39, 0.29) is 6.10 Å². The van der Waals surface area contributed by atoms with Crippen LogP contribution in [0, 0.1) is 0 Å². The summed E-state index contributed by atoms with van der Waals surface area (Å²) in [7, 11) is 0. The van der Waals surface area contributed by atoms with Gasteiger partial charge in [0.25, 0.3) is 0 Å². The second-order valence-electron chi connectivity index (χ2n) is 5.74. The van der Waals surface area contributed by atoms with E-state index in [1.54, 1.807) is 6.20 Å². The Morgan fingerprint density at radius 2 is 2.04 bits per heavy atom. The van der Waals surface area contributed by atoms with Crippen molar-refractivity contribution in [1.82, 2.24) is 15.2 Å². The van der Waals surface area contributed by atoms with Gasteiger partial charge in [0.2, 0.25) is 5.95 Å². The predicted octanol–water partition coefficient (Wildman–Crippen LogP) is 3.28. The minimum absolute atomic E-state index is 0.253. The van der Waals surface area contributed by atoms with Crippen molar-refractivity contribution in [3.05, 3.63) is 48.7 Å². The minimum Gasteiger partial charge on any atom is -0.376 e. The van der Waals surface area contributed by atoms with Crippen LogP contribution in [0.1, 0.15) is 12.8 Å². The number of ether oxygens (including phenoxy) is 1. The van der Waals surface area contributed by atoms with Gasteiger partial charge < -0.3 is 10.1 Å². The van der Waals surface area contributed by atoms with Crippen molar-refractivity contribution < 1.29 is 4.74 Å². The first-order valence-electron chi connectivity index (χ1n) is 7.93. The van der Waals surface area contributed by atoms with Crippen molar-refractivity contribution in [2.75, 3.05) is 18.5 Å². The van der Waals surface area contributed by atoms with E-state index in [0.29, 0.717) is 5.95 Å². The maximum absolute atomic E-state index is 5.60. The molecule has 1 atom stereocenters. The summed E-state index contributed by atoms with van der Waals surface area (Å²) in [4.78, 5) is 4.57. The molecule has 23 heavy (non-hydrogen) atoms. The van der Waals surface area contributed by atoms with E-state index in [4.69, 9.17) is 4.74 Å². The third kappa shape index (κ3) is 3.14. The van der Waals surface area contributed by atoms with Crippen molar-refractivity contribution in [3.63, 3.8) is 0 Å². The molecule has 0 amide bonds. The number of nitrogens with zero attached hydrogens (tertiary/aromatic N) is 3. The van der Waals surface area contributed by atoms with Crippen molar-refractivity contribution in [3.8, 4) is 11.3 Å². The Kier molecular flexibility index (Phi) is 3.86. The number of benzene rings is 2. The van der Waals surface area contributed by atoms with Gasteiger partial charge in [-0.1, -0.05) is 36.4 Å². The van der Waals surface area contributed by atoms with Crippen LogP contribution in [-0.2, 0) is 4.74 Å². The Morgan fingerprint density at radius 3 is 2.91 bits per heavy atom. The molecule has 1 saturated heterocycles. The van der Waals surface area contributed by atoms with Crippen molar-refractivity contribution in [2.45, 2.75) is 18.9 Å². The smallest absolute Gasteiger partial charge is 0.243 e. The molecule has 0 saturated carbocycles. The minimum atomic E-state index is 0.253. The molecule has 0 bridgehead atoms. The molecule has 3 aromatic rings. The van der Waals surface area contributed by atoms with Gasteiger partial charge in [-0.25, -0.2) is 4.98 Å². The van der Waals surface area contributed by atoms with Crippen LogP contribution in [0.4, 0.5) is 5.95 Å². The Morgan fingerprint density at radius 1 is 1.13 bits per heavy atom. The lowest BCUT2D eigenvalue weighted by atomic mass is 10.1. The lowest BCUT2D eigenvalue weighted by Crippen LogP contribution is -2.19. The van der Waals surface area contributed by atoms with Gasteiger partial charge in [-0.15, -0.1) is 5.10 Å². The molecule has 1 aromatic heterocycles. The Labute approximate surface area is 134 Å². The van der Waals surface area contributed by atoms with Crippen molar-refractivity contribution in [2.24, 2.45) is 0 Å². The molecule has 4 rings (SSSR count). The molecule has 116 valence electrons. The number of hydrogen-bond acceptors (Lipinski definition) is 5. The number of rotatable bonds is 4. The molecule has 5 nitrogen and oxygen atoms in total. The van der Waals surface area contributed by atoms with Gasteiger partial charge in [0.15, 0.2) is 0 Å². The van der Waals surface area contributed by atoms with Gasteiger partial charge in [0, 0.05) is 18.7 Å². The van der Waals surface area contributed by atoms with E-state index in [1.165, 1.54) is 10.8 Å². The molecule has 0 spiro atoms. The maximum Gasteiger partial charge on any atom is 0.243 e. The van der Waals surface area contributed by atoms with Crippen LogP contribution < -0.4 is 5.32 Å². The number of fused-ring (bicyclic) bond motifs is 1. The molecule has 0 aliphatic carbocycles. The molecule has 0 radical (unpaired) electrons. The molecule has 1 fully saturated rings. The van der Waals surface area contributed by atoms with Crippen LogP contribution >= 0.6 is 0 Å². The quantitative estimate of drug-likeness (QED) is 0.801. The van der Waals surface area contributed by atoms with Crippen molar-refractivity contribution in [1.29, 1.82) is 0 Å². The fraction of sp³-hybridized carbons (Fsp3) is 0.278. The summed E-state index contributed by atoms with van der Waals surface area (Å²) in [5.74, 6) is 0.547. The largest absolute Gasteiger partial charge is 0.376 e. The first kappa shape index (κ1) is 14.1. The normalized spacial score (nSPS) is 17.5. The first-order chi connectivity index (χ1) is 11.4. The first-order valence-corrected chi connectivity index (χ1v) is 7.93. The zero-order valence-corrected chi connectivity index (χ0v) is 12.8. The zero-order valence-electron chi connectivity index (χ0n) is 12.8. The highest BCUT2D eigenvalue weighted by Crippen LogP contribution is 2.23. The summed E-state index contributed by atoms with van der Waals surface area (Å²) in [5, 5.41) is 13.8. The second-order valence-corrected chi connectivity index (χ2v) is 5.74. The highest BCUT2D eigenvalue weighted by atomic mass is 16.5. The summed E-state index contributed by atoms with van der Waals surface area (Å²) in [6.07, 6.45) is 4.16. The summed E-state index contributed by atoms with van der Waals surface area (Å²) in [5.41, 5.74) is 1.86. The predicted molar refractivity (Wildman–Crippen MR) is 90.2 cm³/mol.